The summed E-state index contributed by atoms with van der Waals surface area (Å²) in [5.74, 6) is 0. The Labute approximate surface area is 150 Å². The molecule has 4 rings (SSSR count). The second-order valence-electron chi connectivity index (χ2n) is 5.44. The number of hydrogen-bond acceptors (Lipinski definition) is 2. The van der Waals surface area contributed by atoms with E-state index in [1.807, 2.05) is 23.5 Å². The van der Waals surface area contributed by atoms with E-state index in [4.69, 9.17) is 0 Å². The number of hydrogen-bond donors (Lipinski definition) is 0. The van der Waals surface area contributed by atoms with Crippen LogP contribution in [0, 0.1) is 0 Å². The Hall–Kier alpha value is -2.16. The van der Waals surface area contributed by atoms with E-state index in [0.29, 0.717) is 0 Å². The Bertz CT molecular complexity index is 866. The van der Waals surface area contributed by atoms with Gasteiger partial charge in [-0.2, -0.15) is 0 Å². The van der Waals surface area contributed by atoms with Crippen molar-refractivity contribution in [2.45, 2.75) is 19.6 Å². The summed E-state index contributed by atoms with van der Waals surface area (Å²) in [6.07, 6.45) is 0. The van der Waals surface area contributed by atoms with Gasteiger partial charge < -0.3 is 0 Å². The van der Waals surface area contributed by atoms with Crippen LogP contribution in [-0.2, 0) is 0 Å². The Morgan fingerprint density at radius 2 is 0.792 bits per heavy atom. The van der Waals surface area contributed by atoms with Gasteiger partial charge in [0.05, 0.1) is 0 Å². The van der Waals surface area contributed by atoms with Crippen LogP contribution >= 0.6 is 23.5 Å². The van der Waals surface area contributed by atoms with Gasteiger partial charge in [0.15, 0.2) is 0 Å². The summed E-state index contributed by atoms with van der Waals surface area (Å²) in [4.78, 5) is 5.14. The van der Waals surface area contributed by atoms with Crippen LogP contribution in [0.1, 0.15) is 0 Å². The minimum Gasteiger partial charge on any atom is -0.0895 e. The predicted molar refractivity (Wildman–Crippen MR) is 105 cm³/mol. The molecule has 0 atom stereocenters. The lowest BCUT2D eigenvalue weighted by Gasteiger charge is -2.10. The van der Waals surface area contributed by atoms with Crippen LogP contribution in [0.5, 0.6) is 0 Å². The van der Waals surface area contributed by atoms with Crippen LogP contribution in [0.4, 0.5) is 0 Å². The Morgan fingerprint density at radius 3 is 1.21 bits per heavy atom. The highest BCUT2D eigenvalue weighted by molar-refractivity contribution is 8.00. The molecule has 0 fully saturated rings. The van der Waals surface area contributed by atoms with Gasteiger partial charge in [-0.3, -0.25) is 0 Å². The molecule has 2 heteroatoms. The monoisotopic (exact) mass is 344 g/mol. The quantitative estimate of drug-likeness (QED) is 0.386. The Balaban J connectivity index is 1.74. The first kappa shape index (κ1) is 15.4. The van der Waals surface area contributed by atoms with Crippen LogP contribution in [0.25, 0.3) is 10.8 Å². The van der Waals surface area contributed by atoms with Crippen LogP contribution in [0.2, 0.25) is 0 Å². The normalized spacial score (nSPS) is 10.8. The van der Waals surface area contributed by atoms with Crippen molar-refractivity contribution in [3.05, 3.63) is 97.1 Å². The minimum atomic E-state index is 1.27. The molecule has 0 aromatic heterocycles. The standard InChI is InChI=1S/C22H16S2/c1-3-9-17(10-4-1)23-21-15-7-14-20-19(21)13-8-16-22(20)24-18-11-5-2-6-12-18/h1-16H. The molecule has 0 N–H and O–H groups in total. The maximum Gasteiger partial charge on any atom is 0.0201 e. The summed E-state index contributed by atoms with van der Waals surface area (Å²) in [6, 6.07) is 34.3. The van der Waals surface area contributed by atoms with E-state index in [1.165, 1.54) is 30.4 Å². The fourth-order valence-corrected chi connectivity index (χ4v) is 4.62. The minimum absolute atomic E-state index is 1.27. The second-order valence-corrected chi connectivity index (χ2v) is 7.67. The average Bonchev–Trinajstić information content (AvgIpc) is 2.64. The van der Waals surface area contributed by atoms with Crippen molar-refractivity contribution in [1.29, 1.82) is 0 Å². The topological polar surface area (TPSA) is 0 Å². The first-order valence-corrected chi connectivity index (χ1v) is 9.51. The number of fused-ring (bicyclic) bond motifs is 1. The van der Waals surface area contributed by atoms with E-state index in [-0.39, 0.29) is 0 Å². The summed E-state index contributed by atoms with van der Waals surface area (Å²) in [6.45, 7) is 0. The highest BCUT2D eigenvalue weighted by Gasteiger charge is 2.07. The largest absolute Gasteiger partial charge is 0.0895 e. The van der Waals surface area contributed by atoms with Gasteiger partial charge in [-0.25, -0.2) is 0 Å². The van der Waals surface area contributed by atoms with Crippen LogP contribution in [0.15, 0.2) is 117 Å². The zero-order valence-electron chi connectivity index (χ0n) is 13.1. The molecule has 0 aliphatic carbocycles. The van der Waals surface area contributed by atoms with E-state index >= 15 is 0 Å². The lowest BCUT2D eigenvalue weighted by atomic mass is 10.1. The summed E-state index contributed by atoms with van der Waals surface area (Å²) in [7, 11) is 0. The van der Waals surface area contributed by atoms with E-state index in [9.17, 15) is 0 Å². The molecule has 0 bridgehead atoms. The average molecular weight is 345 g/mol. The number of rotatable bonds is 4. The molecule has 0 amide bonds. The second kappa shape index (κ2) is 7.16. The Morgan fingerprint density at radius 1 is 0.375 bits per heavy atom. The maximum absolute atomic E-state index is 2.22. The summed E-state index contributed by atoms with van der Waals surface area (Å²) < 4.78 is 0. The van der Waals surface area contributed by atoms with Gasteiger partial charge >= 0.3 is 0 Å². The first-order chi connectivity index (χ1) is 11.9. The third kappa shape index (κ3) is 3.35. The van der Waals surface area contributed by atoms with E-state index < -0.39 is 0 Å². The molecule has 4 aromatic rings. The lowest BCUT2D eigenvalue weighted by molar-refractivity contribution is 1.41. The molecule has 4 aromatic carbocycles. The van der Waals surface area contributed by atoms with Crippen LogP contribution in [0.3, 0.4) is 0 Å². The molecule has 0 unspecified atom stereocenters. The van der Waals surface area contributed by atoms with Crippen molar-refractivity contribution < 1.29 is 0 Å². The molecule has 0 heterocycles. The van der Waals surface area contributed by atoms with E-state index in [1.54, 1.807) is 0 Å². The molecular weight excluding hydrogens is 328 g/mol. The van der Waals surface area contributed by atoms with Gasteiger partial charge in [-0.1, -0.05) is 84.2 Å². The third-order valence-electron chi connectivity index (χ3n) is 3.78. The van der Waals surface area contributed by atoms with Crippen molar-refractivity contribution in [1.82, 2.24) is 0 Å². The molecule has 0 spiro atoms. The summed E-state index contributed by atoms with van der Waals surface area (Å²) >= 11 is 3.65. The van der Waals surface area contributed by atoms with Crippen molar-refractivity contribution in [3.63, 3.8) is 0 Å². The highest BCUT2D eigenvalue weighted by atomic mass is 32.2. The van der Waals surface area contributed by atoms with Gasteiger partial charge in [0.25, 0.3) is 0 Å². The predicted octanol–water partition coefficient (Wildman–Crippen LogP) is 7.14. The smallest absolute Gasteiger partial charge is 0.0201 e. The molecule has 116 valence electrons. The molecule has 0 nitrogen and oxygen atoms in total. The molecule has 0 aliphatic rings. The van der Waals surface area contributed by atoms with Crippen molar-refractivity contribution in [3.8, 4) is 0 Å². The SMILES string of the molecule is c1ccc(Sc2cccc3c(Sc4ccccc4)cccc23)cc1. The highest BCUT2D eigenvalue weighted by Crippen LogP contribution is 2.38. The van der Waals surface area contributed by atoms with E-state index in [2.05, 4.69) is 97.1 Å². The van der Waals surface area contributed by atoms with Gasteiger partial charge in [0.2, 0.25) is 0 Å². The molecule has 0 radical (unpaired) electrons. The van der Waals surface area contributed by atoms with Gasteiger partial charge in [0.1, 0.15) is 0 Å². The van der Waals surface area contributed by atoms with Crippen LogP contribution < -0.4 is 0 Å². The van der Waals surface area contributed by atoms with Crippen molar-refractivity contribution in [2.24, 2.45) is 0 Å². The summed E-state index contributed by atoms with van der Waals surface area (Å²) in [5, 5.41) is 2.62. The molecular formula is C22H16S2. The zero-order valence-corrected chi connectivity index (χ0v) is 14.7. The van der Waals surface area contributed by atoms with Crippen LogP contribution in [-0.4, -0.2) is 0 Å². The first-order valence-electron chi connectivity index (χ1n) is 7.88. The van der Waals surface area contributed by atoms with Crippen molar-refractivity contribution >= 4 is 34.3 Å². The fourth-order valence-electron chi connectivity index (χ4n) is 2.66. The maximum atomic E-state index is 2.22. The van der Waals surface area contributed by atoms with E-state index in [0.717, 1.165) is 0 Å². The number of benzene rings is 4. The molecule has 0 saturated carbocycles. The zero-order chi connectivity index (χ0) is 16.2. The lowest BCUT2D eigenvalue weighted by Crippen LogP contribution is -1.82. The van der Waals surface area contributed by atoms with Crippen molar-refractivity contribution in [2.75, 3.05) is 0 Å². The third-order valence-corrected chi connectivity index (χ3v) is 5.95. The summed E-state index contributed by atoms with van der Waals surface area (Å²) in [5.41, 5.74) is 0. The molecule has 0 saturated heterocycles. The van der Waals surface area contributed by atoms with Gasteiger partial charge in [-0.05, 0) is 47.2 Å². The van der Waals surface area contributed by atoms with Gasteiger partial charge in [0, 0.05) is 19.6 Å². The Kier molecular flexibility index (Phi) is 4.59. The van der Waals surface area contributed by atoms with Gasteiger partial charge in [-0.15, -0.1) is 0 Å². The molecule has 0 aliphatic heterocycles. The fraction of sp³-hybridized carbons (Fsp3) is 0. The molecule has 24 heavy (non-hydrogen) atoms.